The second-order valence-electron chi connectivity index (χ2n) is 8.93. The zero-order valence-corrected chi connectivity index (χ0v) is 21.0. The number of benzene rings is 2. The molecule has 2 N–H and O–H groups in total. The Morgan fingerprint density at radius 2 is 1.91 bits per heavy atom. The summed E-state index contributed by atoms with van der Waals surface area (Å²) in [5.74, 6) is -0.113. The zero-order chi connectivity index (χ0) is 24.3. The summed E-state index contributed by atoms with van der Waals surface area (Å²) in [7, 11) is 0. The van der Waals surface area contributed by atoms with Crippen LogP contribution in [0, 0.1) is 0 Å². The highest BCUT2D eigenvalue weighted by Gasteiger charge is 2.52. The van der Waals surface area contributed by atoms with E-state index in [0.717, 1.165) is 11.1 Å². The molecule has 2 aliphatic rings. The standard InChI is InChI=1S/C25H30Cl2N4O3/c1-17(2)31(9-8-28-24(33)30-10-12-34-13-11-30)25(16-18-4-3-5-19(26)14-18)21-7-6-20(27)15-22(21)29-23(25)32/h3-7,14-15,17H,8-13,16H2,1-2H3,(H,28,33)(H,29,32). The predicted molar refractivity (Wildman–Crippen MR) is 135 cm³/mol. The number of anilines is 1. The van der Waals surface area contributed by atoms with Gasteiger partial charge in [0.1, 0.15) is 5.54 Å². The number of rotatable bonds is 7. The van der Waals surface area contributed by atoms with Crippen LogP contribution in [0.25, 0.3) is 0 Å². The predicted octanol–water partition coefficient (Wildman–Crippen LogP) is 4.14. The van der Waals surface area contributed by atoms with Gasteiger partial charge < -0.3 is 20.3 Å². The first-order valence-corrected chi connectivity index (χ1v) is 12.3. The van der Waals surface area contributed by atoms with Gasteiger partial charge in [-0.3, -0.25) is 9.69 Å². The molecule has 0 spiro atoms. The molecule has 2 heterocycles. The van der Waals surface area contributed by atoms with Crippen molar-refractivity contribution in [3.63, 3.8) is 0 Å². The lowest BCUT2D eigenvalue weighted by Gasteiger charge is -2.43. The number of halogens is 2. The number of nitrogens with one attached hydrogen (secondary N) is 2. The van der Waals surface area contributed by atoms with Crippen LogP contribution < -0.4 is 10.6 Å². The maximum Gasteiger partial charge on any atom is 0.317 e. The Hall–Kier alpha value is -2.32. The third-order valence-electron chi connectivity index (χ3n) is 6.44. The number of fused-ring (bicyclic) bond motifs is 1. The van der Waals surface area contributed by atoms with Crippen LogP contribution in [0.3, 0.4) is 0 Å². The Balaban J connectivity index is 1.64. The molecule has 7 nitrogen and oxygen atoms in total. The van der Waals surface area contributed by atoms with Gasteiger partial charge >= 0.3 is 6.03 Å². The monoisotopic (exact) mass is 504 g/mol. The van der Waals surface area contributed by atoms with Gasteiger partial charge in [-0.15, -0.1) is 0 Å². The fourth-order valence-corrected chi connectivity index (χ4v) is 5.27. The molecule has 1 fully saturated rings. The molecule has 0 saturated carbocycles. The number of urea groups is 1. The van der Waals surface area contributed by atoms with Crippen LogP contribution in [0.2, 0.25) is 10.0 Å². The fraction of sp³-hybridized carbons (Fsp3) is 0.440. The van der Waals surface area contributed by atoms with Gasteiger partial charge in [0.15, 0.2) is 0 Å². The first-order valence-electron chi connectivity index (χ1n) is 11.5. The average Bonchev–Trinajstić information content (AvgIpc) is 3.07. The van der Waals surface area contributed by atoms with E-state index in [0.29, 0.717) is 61.5 Å². The second kappa shape index (κ2) is 10.5. The van der Waals surface area contributed by atoms with Gasteiger partial charge in [0.2, 0.25) is 5.91 Å². The largest absolute Gasteiger partial charge is 0.378 e. The van der Waals surface area contributed by atoms with Crippen LogP contribution in [0.15, 0.2) is 42.5 Å². The van der Waals surface area contributed by atoms with Gasteiger partial charge in [-0.2, -0.15) is 0 Å². The number of ether oxygens (including phenoxy) is 1. The van der Waals surface area contributed by atoms with Crippen molar-refractivity contribution in [2.24, 2.45) is 0 Å². The van der Waals surface area contributed by atoms with Gasteiger partial charge in [0.05, 0.1) is 13.2 Å². The maximum atomic E-state index is 13.7. The molecular formula is C25H30Cl2N4O3. The lowest BCUT2D eigenvalue weighted by atomic mass is 9.82. The maximum absolute atomic E-state index is 13.7. The molecule has 0 radical (unpaired) electrons. The van der Waals surface area contributed by atoms with Crippen molar-refractivity contribution < 1.29 is 14.3 Å². The second-order valence-corrected chi connectivity index (χ2v) is 9.80. The molecule has 2 aliphatic heterocycles. The lowest BCUT2D eigenvalue weighted by molar-refractivity contribution is -0.129. The molecule has 9 heteroatoms. The molecule has 2 aromatic rings. The third kappa shape index (κ3) is 5.03. The van der Waals surface area contributed by atoms with Gasteiger partial charge in [-0.25, -0.2) is 4.79 Å². The van der Waals surface area contributed by atoms with Crippen molar-refractivity contribution in [3.05, 3.63) is 63.6 Å². The zero-order valence-electron chi connectivity index (χ0n) is 19.4. The van der Waals surface area contributed by atoms with Crippen LogP contribution in [0.4, 0.5) is 10.5 Å². The van der Waals surface area contributed by atoms with Crippen molar-refractivity contribution in [2.75, 3.05) is 44.7 Å². The smallest absolute Gasteiger partial charge is 0.317 e. The van der Waals surface area contributed by atoms with Gasteiger partial charge in [0, 0.05) is 59.9 Å². The molecule has 0 bridgehead atoms. The Morgan fingerprint density at radius 3 is 2.62 bits per heavy atom. The third-order valence-corrected chi connectivity index (χ3v) is 6.91. The molecule has 1 atom stereocenters. The Kier molecular flexibility index (Phi) is 7.67. The number of carbonyl (C=O) groups is 2. The van der Waals surface area contributed by atoms with Gasteiger partial charge in [0.25, 0.3) is 0 Å². The van der Waals surface area contributed by atoms with Crippen molar-refractivity contribution >= 4 is 40.8 Å². The molecule has 3 amide bonds. The number of carbonyl (C=O) groups excluding carboxylic acids is 2. The van der Waals surface area contributed by atoms with E-state index in [1.165, 1.54) is 0 Å². The molecule has 34 heavy (non-hydrogen) atoms. The van der Waals surface area contributed by atoms with Crippen LogP contribution in [0.1, 0.15) is 25.0 Å². The summed E-state index contributed by atoms with van der Waals surface area (Å²) in [5, 5.41) is 7.24. The highest BCUT2D eigenvalue weighted by molar-refractivity contribution is 6.31. The Morgan fingerprint density at radius 1 is 1.18 bits per heavy atom. The van der Waals surface area contributed by atoms with E-state index in [1.54, 1.807) is 11.0 Å². The van der Waals surface area contributed by atoms with E-state index in [1.807, 2.05) is 36.4 Å². The molecule has 2 aromatic carbocycles. The van der Waals surface area contributed by atoms with Gasteiger partial charge in [-0.1, -0.05) is 41.4 Å². The Bertz CT molecular complexity index is 1060. The quantitative estimate of drug-likeness (QED) is 0.594. The highest BCUT2D eigenvalue weighted by Crippen LogP contribution is 2.45. The summed E-state index contributed by atoms with van der Waals surface area (Å²) in [6.07, 6.45) is 0.434. The SMILES string of the molecule is CC(C)N(CCNC(=O)N1CCOCC1)C1(Cc2cccc(Cl)c2)C(=O)Nc2cc(Cl)ccc21. The van der Waals surface area contributed by atoms with Crippen molar-refractivity contribution in [1.82, 2.24) is 15.1 Å². The van der Waals surface area contributed by atoms with Crippen LogP contribution >= 0.6 is 23.2 Å². The first-order chi connectivity index (χ1) is 16.3. The van der Waals surface area contributed by atoms with Crippen LogP contribution in [-0.2, 0) is 21.5 Å². The van der Waals surface area contributed by atoms with Crippen molar-refractivity contribution in [2.45, 2.75) is 31.8 Å². The molecule has 1 unspecified atom stereocenters. The minimum absolute atomic E-state index is 0.0202. The summed E-state index contributed by atoms with van der Waals surface area (Å²) < 4.78 is 5.33. The van der Waals surface area contributed by atoms with E-state index >= 15 is 0 Å². The minimum Gasteiger partial charge on any atom is -0.378 e. The number of morpholine rings is 1. The number of nitrogens with zero attached hydrogens (tertiary/aromatic N) is 2. The first kappa shape index (κ1) is 24.8. The minimum atomic E-state index is -0.970. The van der Waals surface area contributed by atoms with E-state index in [9.17, 15) is 9.59 Å². The van der Waals surface area contributed by atoms with Crippen LogP contribution in [-0.4, -0.2) is 67.2 Å². The molecule has 4 rings (SSSR count). The number of amides is 3. The van der Waals surface area contributed by atoms with Crippen LogP contribution in [0.5, 0.6) is 0 Å². The van der Waals surface area contributed by atoms with Crippen molar-refractivity contribution in [3.8, 4) is 0 Å². The Labute approximate surface area is 210 Å². The molecular weight excluding hydrogens is 475 g/mol. The van der Waals surface area contributed by atoms with Gasteiger partial charge in [-0.05, 0) is 43.7 Å². The van der Waals surface area contributed by atoms with Crippen molar-refractivity contribution in [1.29, 1.82) is 0 Å². The summed E-state index contributed by atoms with van der Waals surface area (Å²) in [4.78, 5) is 30.2. The number of hydrogen-bond acceptors (Lipinski definition) is 4. The normalized spacial score (nSPS) is 19.9. The van der Waals surface area contributed by atoms with E-state index in [-0.39, 0.29) is 18.0 Å². The average molecular weight is 505 g/mol. The van der Waals surface area contributed by atoms with E-state index < -0.39 is 5.54 Å². The summed E-state index contributed by atoms with van der Waals surface area (Å²) in [6, 6.07) is 13.0. The molecule has 0 aromatic heterocycles. The summed E-state index contributed by atoms with van der Waals surface area (Å²) >= 11 is 12.5. The summed E-state index contributed by atoms with van der Waals surface area (Å²) in [6.45, 7) is 7.27. The number of hydrogen-bond donors (Lipinski definition) is 2. The van der Waals surface area contributed by atoms with E-state index in [4.69, 9.17) is 27.9 Å². The molecule has 182 valence electrons. The van der Waals surface area contributed by atoms with E-state index in [2.05, 4.69) is 29.4 Å². The fourth-order valence-electron chi connectivity index (χ4n) is 4.88. The lowest BCUT2D eigenvalue weighted by Crippen LogP contribution is -2.57. The summed E-state index contributed by atoms with van der Waals surface area (Å²) in [5.41, 5.74) is 1.56. The topological polar surface area (TPSA) is 73.9 Å². The highest BCUT2D eigenvalue weighted by atomic mass is 35.5. The molecule has 1 saturated heterocycles. The molecule has 0 aliphatic carbocycles.